The van der Waals surface area contributed by atoms with Crippen LogP contribution < -0.4 is 66.3 Å². The van der Waals surface area contributed by atoms with Crippen LogP contribution >= 0.6 is 0 Å². The van der Waals surface area contributed by atoms with Crippen molar-refractivity contribution in [1.29, 1.82) is 0 Å². The number of halogens is 3. The van der Waals surface area contributed by atoms with Gasteiger partial charge < -0.3 is 27.2 Å². The smallest absolute Gasteiger partial charge is 0.497 e. The van der Waals surface area contributed by atoms with Gasteiger partial charge in [0.1, 0.15) is 5.75 Å². The third-order valence-corrected chi connectivity index (χ3v) is 2.32. The van der Waals surface area contributed by atoms with Gasteiger partial charge in [-0.15, -0.1) is 0 Å². The SMILES string of the molecule is COCCCOc1ccc(OC)cc1[B-](F)(F)F.[K+]. The molecule has 0 saturated carbocycles. The molecule has 1 aromatic rings. The van der Waals surface area contributed by atoms with E-state index in [9.17, 15) is 12.9 Å². The molecule has 0 bridgehead atoms. The fourth-order valence-electron chi connectivity index (χ4n) is 1.43. The van der Waals surface area contributed by atoms with Gasteiger partial charge in [0.15, 0.2) is 0 Å². The molecule has 102 valence electrons. The fourth-order valence-corrected chi connectivity index (χ4v) is 1.43. The minimum Gasteiger partial charge on any atom is -0.497 e. The van der Waals surface area contributed by atoms with E-state index in [1.165, 1.54) is 26.4 Å². The molecule has 0 heterocycles. The Morgan fingerprint density at radius 3 is 2.32 bits per heavy atom. The van der Waals surface area contributed by atoms with Gasteiger partial charge in [0.25, 0.3) is 0 Å². The second-order valence-electron chi connectivity index (χ2n) is 3.67. The molecule has 0 radical (unpaired) electrons. The van der Waals surface area contributed by atoms with Crippen molar-refractivity contribution < 1.29 is 78.5 Å². The summed E-state index contributed by atoms with van der Waals surface area (Å²) < 4.78 is 53.2. The largest absolute Gasteiger partial charge is 1.00 e. The van der Waals surface area contributed by atoms with Gasteiger partial charge >= 0.3 is 58.4 Å². The van der Waals surface area contributed by atoms with Crippen LogP contribution in [-0.2, 0) is 4.74 Å². The van der Waals surface area contributed by atoms with Crippen molar-refractivity contribution in [2.45, 2.75) is 6.42 Å². The van der Waals surface area contributed by atoms with E-state index in [0.717, 1.165) is 6.07 Å². The summed E-state index contributed by atoms with van der Waals surface area (Å²) in [4.78, 5) is 0. The topological polar surface area (TPSA) is 27.7 Å². The van der Waals surface area contributed by atoms with E-state index in [0.29, 0.717) is 13.0 Å². The minimum absolute atomic E-state index is 0. The van der Waals surface area contributed by atoms with Crippen molar-refractivity contribution in [2.75, 3.05) is 27.4 Å². The maximum atomic E-state index is 12.8. The van der Waals surface area contributed by atoms with Crippen LogP contribution in [0.2, 0.25) is 0 Å². The van der Waals surface area contributed by atoms with Crippen molar-refractivity contribution in [3.05, 3.63) is 18.2 Å². The number of ether oxygens (including phenoxy) is 3. The molecule has 0 atom stereocenters. The molecular formula is C11H15BF3KO3. The summed E-state index contributed by atoms with van der Waals surface area (Å²) in [6.45, 7) is -4.50. The Hall–Kier alpha value is 0.271. The molecule has 8 heteroatoms. The molecule has 0 aliphatic heterocycles. The number of hydrogen-bond acceptors (Lipinski definition) is 3. The zero-order chi connectivity index (χ0) is 13.6. The standard InChI is InChI=1S/C11H15BF3O3.K/c1-16-6-3-7-18-11-5-4-9(17-2)8-10(11)12(13,14)15;/h4-5,8H,3,6-7H2,1-2H3;/q-1;+1. The van der Waals surface area contributed by atoms with E-state index >= 15 is 0 Å². The van der Waals surface area contributed by atoms with Gasteiger partial charge in [-0.05, 0) is 18.2 Å². The number of methoxy groups -OCH3 is 2. The Bertz CT molecular complexity index is 388. The van der Waals surface area contributed by atoms with Gasteiger partial charge in [0.05, 0.1) is 19.5 Å². The first kappa shape index (κ1) is 19.3. The quantitative estimate of drug-likeness (QED) is 0.486. The molecule has 0 fully saturated rings. The van der Waals surface area contributed by atoms with E-state index in [2.05, 4.69) is 0 Å². The van der Waals surface area contributed by atoms with E-state index in [-0.39, 0.29) is 69.5 Å². The summed E-state index contributed by atoms with van der Waals surface area (Å²) in [5, 5.41) is 0. The van der Waals surface area contributed by atoms with Crippen LogP contribution in [-0.4, -0.2) is 34.4 Å². The molecule has 0 saturated heterocycles. The van der Waals surface area contributed by atoms with Crippen molar-refractivity contribution in [3.63, 3.8) is 0 Å². The zero-order valence-corrected chi connectivity index (χ0v) is 14.4. The first-order valence-electron chi connectivity index (χ1n) is 5.48. The van der Waals surface area contributed by atoms with Crippen LogP contribution in [0.5, 0.6) is 11.5 Å². The van der Waals surface area contributed by atoms with Gasteiger partial charge in [-0.3, -0.25) is 0 Å². The number of rotatable bonds is 7. The second kappa shape index (κ2) is 9.25. The maximum Gasteiger partial charge on any atom is 1.00 e. The summed E-state index contributed by atoms with van der Waals surface area (Å²) in [6.07, 6.45) is 0.535. The Kier molecular flexibility index (Phi) is 9.38. The van der Waals surface area contributed by atoms with Crippen LogP contribution in [0.25, 0.3) is 0 Å². The summed E-state index contributed by atoms with van der Waals surface area (Å²) in [6, 6.07) is 3.67. The van der Waals surface area contributed by atoms with Crippen LogP contribution in [0.3, 0.4) is 0 Å². The second-order valence-corrected chi connectivity index (χ2v) is 3.67. The van der Waals surface area contributed by atoms with E-state index in [4.69, 9.17) is 14.2 Å². The Morgan fingerprint density at radius 2 is 1.79 bits per heavy atom. The van der Waals surface area contributed by atoms with Crippen molar-refractivity contribution in [1.82, 2.24) is 0 Å². The summed E-state index contributed by atoms with van der Waals surface area (Å²) in [5.74, 6) is -0.00663. The van der Waals surface area contributed by atoms with E-state index in [1.54, 1.807) is 0 Å². The molecular weight excluding hydrogens is 287 g/mol. The molecule has 0 N–H and O–H groups in total. The molecule has 1 aromatic carbocycles. The normalized spacial score (nSPS) is 10.8. The van der Waals surface area contributed by atoms with Crippen LogP contribution in [0.1, 0.15) is 6.42 Å². The first-order chi connectivity index (χ1) is 8.49. The maximum absolute atomic E-state index is 12.8. The number of benzene rings is 1. The third kappa shape index (κ3) is 6.50. The number of hydrogen-bond donors (Lipinski definition) is 0. The average Bonchev–Trinajstić information content (AvgIpc) is 2.33. The van der Waals surface area contributed by atoms with Crippen molar-refractivity contribution in [3.8, 4) is 11.5 Å². The molecule has 0 aliphatic carbocycles. The van der Waals surface area contributed by atoms with E-state index in [1.807, 2.05) is 0 Å². The van der Waals surface area contributed by atoms with Crippen molar-refractivity contribution in [2.24, 2.45) is 0 Å². The molecule has 0 spiro atoms. The summed E-state index contributed by atoms with van der Waals surface area (Å²) in [5.41, 5.74) is -0.772. The Labute approximate surface area is 153 Å². The van der Waals surface area contributed by atoms with Crippen molar-refractivity contribution >= 4 is 12.4 Å². The molecule has 19 heavy (non-hydrogen) atoms. The predicted octanol–water partition coefficient (Wildman–Crippen LogP) is -0.831. The summed E-state index contributed by atoms with van der Waals surface area (Å²) >= 11 is 0. The Balaban J connectivity index is 0.00000324. The Morgan fingerprint density at radius 1 is 1.11 bits per heavy atom. The van der Waals surface area contributed by atoms with Gasteiger partial charge in [-0.1, -0.05) is 5.46 Å². The van der Waals surface area contributed by atoms with Crippen LogP contribution in [0, 0.1) is 0 Å². The molecule has 0 unspecified atom stereocenters. The van der Waals surface area contributed by atoms with Gasteiger partial charge in [0, 0.05) is 20.1 Å². The zero-order valence-electron chi connectivity index (χ0n) is 11.3. The molecule has 0 amide bonds. The molecule has 3 nitrogen and oxygen atoms in total. The molecule has 0 aromatic heterocycles. The molecule has 0 aliphatic rings. The summed E-state index contributed by atoms with van der Waals surface area (Å²) in [7, 11) is 2.85. The van der Waals surface area contributed by atoms with Crippen LogP contribution in [0.15, 0.2) is 18.2 Å². The van der Waals surface area contributed by atoms with Gasteiger partial charge in [-0.25, -0.2) is 0 Å². The minimum atomic E-state index is -5.13. The van der Waals surface area contributed by atoms with Crippen LogP contribution in [0.4, 0.5) is 12.9 Å². The average molecular weight is 302 g/mol. The molecule has 1 rings (SSSR count). The fraction of sp³-hybridized carbons (Fsp3) is 0.455. The monoisotopic (exact) mass is 302 g/mol. The third-order valence-electron chi connectivity index (χ3n) is 2.32. The first-order valence-corrected chi connectivity index (χ1v) is 5.48. The van der Waals surface area contributed by atoms with Gasteiger partial charge in [-0.2, -0.15) is 0 Å². The predicted molar refractivity (Wildman–Crippen MR) is 63.7 cm³/mol. The van der Waals surface area contributed by atoms with Gasteiger partial charge in [0.2, 0.25) is 0 Å². The van der Waals surface area contributed by atoms with E-state index < -0.39 is 12.4 Å².